The molecule has 0 saturated heterocycles. The SMILES string of the molecule is N#C/C(=C\c1ccc(-c2ccc(Cl)c(Cl)c2)o1)c1nc(-c2ccccc2)cs1. The Kier molecular flexibility index (Phi) is 5.31. The Morgan fingerprint density at radius 2 is 1.82 bits per heavy atom. The predicted octanol–water partition coefficient (Wildman–Crippen LogP) is 7.44. The van der Waals surface area contributed by atoms with Crippen LogP contribution in [0.5, 0.6) is 0 Å². The van der Waals surface area contributed by atoms with Crippen molar-refractivity contribution in [1.29, 1.82) is 5.26 Å². The number of allylic oxidation sites excluding steroid dienone is 1. The molecule has 0 saturated carbocycles. The van der Waals surface area contributed by atoms with E-state index in [1.807, 2.05) is 47.8 Å². The van der Waals surface area contributed by atoms with Gasteiger partial charge in [-0.1, -0.05) is 53.5 Å². The lowest BCUT2D eigenvalue weighted by Gasteiger charge is -1.99. The van der Waals surface area contributed by atoms with Crippen molar-refractivity contribution in [1.82, 2.24) is 4.98 Å². The molecule has 0 amide bonds. The van der Waals surface area contributed by atoms with E-state index in [-0.39, 0.29) is 0 Å². The number of hydrogen-bond donors (Lipinski definition) is 0. The number of nitriles is 1. The Hall–Kier alpha value is -2.84. The molecule has 2 aromatic carbocycles. The van der Waals surface area contributed by atoms with Gasteiger partial charge in [0.1, 0.15) is 22.6 Å². The third-order valence-corrected chi connectivity index (χ3v) is 5.66. The smallest absolute Gasteiger partial charge is 0.134 e. The second kappa shape index (κ2) is 8.04. The van der Waals surface area contributed by atoms with Crippen LogP contribution in [0.3, 0.4) is 0 Å². The first-order valence-corrected chi connectivity index (χ1v) is 9.96. The lowest BCUT2D eigenvalue weighted by Crippen LogP contribution is -1.82. The summed E-state index contributed by atoms with van der Waals surface area (Å²) in [7, 11) is 0. The average molecular weight is 423 g/mol. The van der Waals surface area contributed by atoms with Gasteiger partial charge >= 0.3 is 0 Å². The van der Waals surface area contributed by atoms with E-state index >= 15 is 0 Å². The monoisotopic (exact) mass is 422 g/mol. The van der Waals surface area contributed by atoms with E-state index in [2.05, 4.69) is 11.1 Å². The number of halogens is 2. The molecule has 0 aliphatic heterocycles. The Morgan fingerprint density at radius 1 is 1.00 bits per heavy atom. The number of aromatic nitrogens is 1. The second-order valence-corrected chi connectivity index (χ2v) is 7.58. The molecule has 0 spiro atoms. The van der Waals surface area contributed by atoms with Gasteiger partial charge in [0, 0.05) is 22.6 Å². The summed E-state index contributed by atoms with van der Waals surface area (Å²) in [6.45, 7) is 0. The van der Waals surface area contributed by atoms with Gasteiger partial charge in [0.2, 0.25) is 0 Å². The third kappa shape index (κ3) is 3.88. The van der Waals surface area contributed by atoms with E-state index in [4.69, 9.17) is 27.6 Å². The molecule has 6 heteroatoms. The molecule has 2 heterocycles. The molecular weight excluding hydrogens is 411 g/mol. The van der Waals surface area contributed by atoms with Gasteiger partial charge in [-0.05, 0) is 30.3 Å². The molecule has 0 atom stereocenters. The number of benzene rings is 2. The highest BCUT2D eigenvalue weighted by Gasteiger charge is 2.11. The largest absolute Gasteiger partial charge is 0.457 e. The van der Waals surface area contributed by atoms with E-state index in [9.17, 15) is 5.26 Å². The van der Waals surface area contributed by atoms with E-state index in [0.717, 1.165) is 16.8 Å². The maximum Gasteiger partial charge on any atom is 0.134 e. The molecule has 4 rings (SSSR count). The van der Waals surface area contributed by atoms with Crippen LogP contribution in [-0.2, 0) is 0 Å². The Bertz CT molecular complexity index is 1200. The van der Waals surface area contributed by atoms with E-state index in [1.54, 1.807) is 24.3 Å². The molecule has 136 valence electrons. The van der Waals surface area contributed by atoms with Gasteiger partial charge in [-0.15, -0.1) is 11.3 Å². The summed E-state index contributed by atoms with van der Waals surface area (Å²) in [5.41, 5.74) is 3.12. The van der Waals surface area contributed by atoms with Crippen LogP contribution in [0.4, 0.5) is 0 Å². The lowest BCUT2D eigenvalue weighted by molar-refractivity contribution is 0.572. The van der Waals surface area contributed by atoms with Crippen molar-refractivity contribution >= 4 is 46.2 Å². The maximum absolute atomic E-state index is 9.59. The van der Waals surface area contributed by atoms with Crippen LogP contribution in [0.1, 0.15) is 10.8 Å². The summed E-state index contributed by atoms with van der Waals surface area (Å²) in [6, 6.07) is 21.0. The van der Waals surface area contributed by atoms with Crippen LogP contribution >= 0.6 is 34.5 Å². The van der Waals surface area contributed by atoms with Crippen molar-refractivity contribution in [3.8, 4) is 28.7 Å². The van der Waals surface area contributed by atoms with Gasteiger partial charge in [0.25, 0.3) is 0 Å². The van der Waals surface area contributed by atoms with Crippen LogP contribution in [0.15, 0.2) is 70.5 Å². The number of hydrogen-bond acceptors (Lipinski definition) is 4. The fraction of sp³-hybridized carbons (Fsp3) is 0. The third-order valence-electron chi connectivity index (χ3n) is 4.04. The topological polar surface area (TPSA) is 49.8 Å². The fourth-order valence-corrected chi connectivity index (χ4v) is 3.75. The summed E-state index contributed by atoms with van der Waals surface area (Å²) in [5.74, 6) is 1.21. The Labute approximate surface area is 176 Å². The minimum absolute atomic E-state index is 0.446. The molecule has 0 aliphatic carbocycles. The predicted molar refractivity (Wildman–Crippen MR) is 115 cm³/mol. The van der Waals surface area contributed by atoms with Gasteiger partial charge in [0.15, 0.2) is 0 Å². The van der Waals surface area contributed by atoms with Crippen molar-refractivity contribution in [3.05, 3.63) is 86.9 Å². The summed E-state index contributed by atoms with van der Waals surface area (Å²) in [5, 5.41) is 13.1. The van der Waals surface area contributed by atoms with Crippen LogP contribution in [0, 0.1) is 11.3 Å². The number of furan rings is 1. The molecule has 0 bridgehead atoms. The molecular formula is C22H12Cl2N2OS. The number of thiazole rings is 1. The van der Waals surface area contributed by atoms with Crippen LogP contribution < -0.4 is 0 Å². The lowest BCUT2D eigenvalue weighted by atomic mass is 10.2. The molecule has 0 N–H and O–H groups in total. The van der Waals surface area contributed by atoms with Crippen molar-refractivity contribution in [2.45, 2.75) is 0 Å². The highest BCUT2D eigenvalue weighted by atomic mass is 35.5. The molecule has 0 fully saturated rings. The summed E-state index contributed by atoms with van der Waals surface area (Å²) >= 11 is 13.5. The first-order valence-electron chi connectivity index (χ1n) is 8.32. The second-order valence-electron chi connectivity index (χ2n) is 5.90. The highest BCUT2D eigenvalue weighted by molar-refractivity contribution is 7.11. The van der Waals surface area contributed by atoms with Crippen molar-refractivity contribution < 1.29 is 4.42 Å². The molecule has 0 radical (unpaired) electrons. The molecule has 2 aromatic heterocycles. The van der Waals surface area contributed by atoms with Crippen LogP contribution in [0.25, 0.3) is 34.2 Å². The van der Waals surface area contributed by atoms with Gasteiger partial charge in [-0.3, -0.25) is 0 Å². The van der Waals surface area contributed by atoms with E-state index in [1.165, 1.54) is 11.3 Å². The Balaban J connectivity index is 1.63. The fourth-order valence-electron chi connectivity index (χ4n) is 2.66. The number of rotatable bonds is 4. The van der Waals surface area contributed by atoms with Crippen molar-refractivity contribution in [2.24, 2.45) is 0 Å². The van der Waals surface area contributed by atoms with E-state index in [0.29, 0.717) is 32.1 Å². The van der Waals surface area contributed by atoms with Crippen LogP contribution in [-0.4, -0.2) is 4.98 Å². The van der Waals surface area contributed by atoms with Gasteiger partial charge in [0.05, 0.1) is 21.3 Å². The van der Waals surface area contributed by atoms with Gasteiger partial charge in [-0.25, -0.2) is 4.98 Å². The summed E-state index contributed by atoms with van der Waals surface area (Å²) in [6.07, 6.45) is 1.69. The first kappa shape index (κ1) is 18.5. The van der Waals surface area contributed by atoms with Gasteiger partial charge < -0.3 is 4.42 Å². The molecule has 0 aliphatic rings. The zero-order valence-electron chi connectivity index (χ0n) is 14.4. The summed E-state index contributed by atoms with van der Waals surface area (Å²) < 4.78 is 5.86. The van der Waals surface area contributed by atoms with Crippen LogP contribution in [0.2, 0.25) is 10.0 Å². The zero-order valence-corrected chi connectivity index (χ0v) is 16.7. The highest BCUT2D eigenvalue weighted by Crippen LogP contribution is 2.31. The summed E-state index contributed by atoms with van der Waals surface area (Å²) in [4.78, 5) is 4.59. The molecule has 4 aromatic rings. The number of nitrogens with zero attached hydrogens (tertiary/aromatic N) is 2. The van der Waals surface area contributed by atoms with Crippen molar-refractivity contribution in [2.75, 3.05) is 0 Å². The normalized spacial score (nSPS) is 11.4. The van der Waals surface area contributed by atoms with E-state index < -0.39 is 0 Å². The first-order chi connectivity index (χ1) is 13.6. The molecule has 3 nitrogen and oxygen atoms in total. The minimum atomic E-state index is 0.446. The zero-order chi connectivity index (χ0) is 19.5. The quantitative estimate of drug-likeness (QED) is 0.321. The standard InChI is InChI=1S/C22H12Cl2N2OS/c23-18-8-6-15(11-19(18)24)21-9-7-17(27-21)10-16(12-25)22-26-20(13-28-22)14-4-2-1-3-5-14/h1-11,13H/b16-10+. The average Bonchev–Trinajstić information content (AvgIpc) is 3.39. The molecule has 0 unspecified atom stereocenters. The minimum Gasteiger partial charge on any atom is -0.457 e. The Morgan fingerprint density at radius 3 is 2.57 bits per heavy atom. The van der Waals surface area contributed by atoms with Crippen molar-refractivity contribution in [3.63, 3.8) is 0 Å². The van der Waals surface area contributed by atoms with Gasteiger partial charge in [-0.2, -0.15) is 5.26 Å². The molecule has 28 heavy (non-hydrogen) atoms. The maximum atomic E-state index is 9.59.